The van der Waals surface area contributed by atoms with Crippen LogP contribution in [0, 0.1) is 13.8 Å². The Kier molecular flexibility index (Phi) is 4.11. The van der Waals surface area contributed by atoms with E-state index in [0.29, 0.717) is 16.5 Å². The lowest BCUT2D eigenvalue weighted by Gasteiger charge is -2.17. The number of para-hydroxylation sites is 1. The highest BCUT2D eigenvalue weighted by atomic mass is 16.1. The largest absolute Gasteiger partial charge is 0.357 e. The topological polar surface area (TPSA) is 62.0 Å². The van der Waals surface area contributed by atoms with Crippen molar-refractivity contribution in [2.75, 3.05) is 5.32 Å². The van der Waals surface area contributed by atoms with E-state index < -0.39 is 0 Å². The van der Waals surface area contributed by atoms with Gasteiger partial charge in [-0.1, -0.05) is 18.2 Å². The number of hydrogen-bond donors (Lipinski definition) is 2. The van der Waals surface area contributed by atoms with Gasteiger partial charge in [0, 0.05) is 22.3 Å². The maximum Gasteiger partial charge on any atom is 0.257 e. The summed E-state index contributed by atoms with van der Waals surface area (Å²) in [6.07, 6.45) is 3.81. The number of benzene rings is 2. The van der Waals surface area contributed by atoms with Gasteiger partial charge in [0.25, 0.3) is 5.91 Å². The fourth-order valence-electron chi connectivity index (χ4n) is 3.73. The molecule has 0 aliphatic heterocycles. The summed E-state index contributed by atoms with van der Waals surface area (Å²) in [5.41, 5.74) is 5.98. The third-order valence-electron chi connectivity index (χ3n) is 5.21. The highest BCUT2D eigenvalue weighted by molar-refractivity contribution is 6.12. The van der Waals surface area contributed by atoms with E-state index in [9.17, 15) is 9.59 Å². The molecule has 0 bridgehead atoms. The molecule has 0 spiro atoms. The molecule has 0 fully saturated rings. The lowest BCUT2D eigenvalue weighted by Crippen LogP contribution is -2.20. The SMILES string of the molecule is Cc1ccc(C)c(NC(=O)c2cccc3c(=O)c4c([nH]c23)CCCC4)c1. The molecule has 0 atom stereocenters. The predicted molar refractivity (Wildman–Crippen MR) is 105 cm³/mol. The molecule has 2 aromatic carbocycles. The van der Waals surface area contributed by atoms with Crippen LogP contribution in [-0.4, -0.2) is 10.9 Å². The van der Waals surface area contributed by atoms with Gasteiger partial charge in [0.15, 0.2) is 5.43 Å². The van der Waals surface area contributed by atoms with Gasteiger partial charge in [-0.25, -0.2) is 0 Å². The van der Waals surface area contributed by atoms with Crippen molar-refractivity contribution in [1.82, 2.24) is 4.98 Å². The van der Waals surface area contributed by atoms with Gasteiger partial charge >= 0.3 is 0 Å². The van der Waals surface area contributed by atoms with Crippen molar-refractivity contribution in [2.24, 2.45) is 0 Å². The number of aryl methyl sites for hydroxylation is 3. The summed E-state index contributed by atoms with van der Waals surface area (Å²) in [5, 5.41) is 3.59. The molecule has 26 heavy (non-hydrogen) atoms. The van der Waals surface area contributed by atoms with Gasteiger partial charge in [0.2, 0.25) is 0 Å². The van der Waals surface area contributed by atoms with Crippen molar-refractivity contribution in [3.8, 4) is 0 Å². The number of H-pyrrole nitrogens is 1. The monoisotopic (exact) mass is 346 g/mol. The van der Waals surface area contributed by atoms with Crippen molar-refractivity contribution >= 4 is 22.5 Å². The van der Waals surface area contributed by atoms with Crippen molar-refractivity contribution in [1.29, 1.82) is 0 Å². The minimum absolute atomic E-state index is 0.0647. The van der Waals surface area contributed by atoms with E-state index >= 15 is 0 Å². The summed E-state index contributed by atoms with van der Waals surface area (Å²) in [4.78, 5) is 29.2. The van der Waals surface area contributed by atoms with E-state index in [1.165, 1.54) is 0 Å². The number of aromatic amines is 1. The van der Waals surface area contributed by atoms with Gasteiger partial charge in [-0.3, -0.25) is 9.59 Å². The maximum atomic E-state index is 12.9. The molecule has 0 radical (unpaired) electrons. The number of hydrogen-bond acceptors (Lipinski definition) is 2. The molecule has 1 amide bonds. The minimum atomic E-state index is -0.198. The summed E-state index contributed by atoms with van der Waals surface area (Å²) < 4.78 is 0. The molecule has 4 nitrogen and oxygen atoms in total. The number of carbonyl (C=O) groups is 1. The highest BCUT2D eigenvalue weighted by Crippen LogP contribution is 2.23. The fourth-order valence-corrected chi connectivity index (χ4v) is 3.73. The number of nitrogens with one attached hydrogen (secondary N) is 2. The van der Waals surface area contributed by atoms with Crippen molar-refractivity contribution in [3.05, 3.63) is 74.6 Å². The van der Waals surface area contributed by atoms with E-state index in [-0.39, 0.29) is 11.3 Å². The second-order valence-electron chi connectivity index (χ2n) is 7.12. The number of carbonyl (C=O) groups excluding carboxylic acids is 1. The third kappa shape index (κ3) is 2.81. The minimum Gasteiger partial charge on any atom is -0.357 e. The highest BCUT2D eigenvalue weighted by Gasteiger charge is 2.19. The number of amides is 1. The summed E-state index contributed by atoms with van der Waals surface area (Å²) in [7, 11) is 0. The molecule has 0 saturated heterocycles. The number of fused-ring (bicyclic) bond motifs is 2. The molecule has 0 saturated carbocycles. The maximum absolute atomic E-state index is 12.9. The first-order chi connectivity index (χ1) is 12.5. The Morgan fingerprint density at radius 1 is 1.08 bits per heavy atom. The molecule has 132 valence electrons. The zero-order chi connectivity index (χ0) is 18.3. The Bertz CT molecular complexity index is 1080. The standard InChI is InChI=1S/C22H22N2O2/c1-13-10-11-14(2)19(12-13)24-22(26)17-8-5-7-16-20(17)23-18-9-4-3-6-15(18)21(16)25/h5,7-8,10-12H,3-4,6,9H2,1-2H3,(H,23,25)(H,24,26). The van der Waals surface area contributed by atoms with Gasteiger partial charge in [-0.15, -0.1) is 0 Å². The molecule has 0 unspecified atom stereocenters. The summed E-state index contributed by atoms with van der Waals surface area (Å²) in [6.45, 7) is 3.97. The smallest absolute Gasteiger partial charge is 0.257 e. The van der Waals surface area contributed by atoms with Crippen LogP contribution in [0.15, 0.2) is 41.2 Å². The molecule has 2 N–H and O–H groups in total. The van der Waals surface area contributed by atoms with Gasteiger partial charge < -0.3 is 10.3 Å². The Morgan fingerprint density at radius 2 is 1.88 bits per heavy atom. The zero-order valence-corrected chi connectivity index (χ0v) is 15.1. The average molecular weight is 346 g/mol. The molecule has 4 rings (SSSR count). The van der Waals surface area contributed by atoms with Crippen LogP contribution < -0.4 is 10.7 Å². The van der Waals surface area contributed by atoms with E-state index in [1.807, 2.05) is 32.0 Å². The molecular weight excluding hydrogens is 324 g/mol. The molecular formula is C22H22N2O2. The Balaban J connectivity index is 1.81. The predicted octanol–water partition coefficient (Wildman–Crippen LogP) is 4.28. The second kappa shape index (κ2) is 6.45. The van der Waals surface area contributed by atoms with Crippen LogP contribution in [0.3, 0.4) is 0 Å². The molecule has 1 aliphatic carbocycles. The van der Waals surface area contributed by atoms with Crippen LogP contribution in [0.25, 0.3) is 10.9 Å². The molecule has 1 aromatic heterocycles. The van der Waals surface area contributed by atoms with Crippen LogP contribution >= 0.6 is 0 Å². The van der Waals surface area contributed by atoms with Crippen molar-refractivity contribution < 1.29 is 4.79 Å². The van der Waals surface area contributed by atoms with Gasteiger partial charge in [0.1, 0.15) is 0 Å². The van der Waals surface area contributed by atoms with Crippen LogP contribution in [0.5, 0.6) is 0 Å². The zero-order valence-electron chi connectivity index (χ0n) is 15.1. The number of rotatable bonds is 2. The quantitative estimate of drug-likeness (QED) is 0.728. The first kappa shape index (κ1) is 16.6. The van der Waals surface area contributed by atoms with Gasteiger partial charge in [0.05, 0.1) is 11.1 Å². The van der Waals surface area contributed by atoms with E-state index in [4.69, 9.17) is 0 Å². The van der Waals surface area contributed by atoms with Crippen LogP contribution in [0.1, 0.15) is 45.6 Å². The molecule has 1 heterocycles. The number of aromatic nitrogens is 1. The first-order valence-electron chi connectivity index (χ1n) is 9.10. The summed E-state index contributed by atoms with van der Waals surface area (Å²) in [5.74, 6) is -0.198. The first-order valence-corrected chi connectivity index (χ1v) is 9.10. The third-order valence-corrected chi connectivity index (χ3v) is 5.21. The molecule has 4 heteroatoms. The molecule has 3 aromatic rings. The van der Waals surface area contributed by atoms with Crippen molar-refractivity contribution in [3.63, 3.8) is 0 Å². The number of anilines is 1. The van der Waals surface area contributed by atoms with Crippen LogP contribution in [0.2, 0.25) is 0 Å². The normalized spacial score (nSPS) is 13.5. The van der Waals surface area contributed by atoms with Crippen molar-refractivity contribution in [2.45, 2.75) is 39.5 Å². The lowest BCUT2D eigenvalue weighted by molar-refractivity contribution is 0.102. The Hall–Kier alpha value is -2.88. The average Bonchev–Trinajstić information content (AvgIpc) is 2.64. The van der Waals surface area contributed by atoms with Crippen LogP contribution in [-0.2, 0) is 12.8 Å². The Morgan fingerprint density at radius 3 is 2.73 bits per heavy atom. The fraction of sp³-hybridized carbons (Fsp3) is 0.273. The molecule has 1 aliphatic rings. The number of pyridine rings is 1. The Labute approximate surface area is 152 Å². The van der Waals surface area contributed by atoms with Gasteiger partial charge in [-0.2, -0.15) is 0 Å². The van der Waals surface area contributed by atoms with Gasteiger partial charge in [-0.05, 0) is 68.9 Å². The summed E-state index contributed by atoms with van der Waals surface area (Å²) in [6, 6.07) is 11.3. The van der Waals surface area contributed by atoms with E-state index in [2.05, 4.69) is 10.3 Å². The second-order valence-corrected chi connectivity index (χ2v) is 7.12. The van der Waals surface area contributed by atoms with Crippen LogP contribution in [0.4, 0.5) is 5.69 Å². The summed E-state index contributed by atoms with van der Waals surface area (Å²) >= 11 is 0. The van der Waals surface area contributed by atoms with E-state index in [0.717, 1.165) is 53.8 Å². The van der Waals surface area contributed by atoms with E-state index in [1.54, 1.807) is 18.2 Å². The lowest BCUT2D eigenvalue weighted by atomic mass is 9.93.